The van der Waals surface area contributed by atoms with Crippen LogP contribution in [-0.4, -0.2) is 27.2 Å². The van der Waals surface area contributed by atoms with Crippen LogP contribution in [-0.2, 0) is 14.8 Å². The first-order valence-corrected chi connectivity index (χ1v) is 7.97. The number of ether oxygens (including phenoxy) is 1. The number of anilines is 1. The Hall–Kier alpha value is -1.18. The van der Waals surface area contributed by atoms with Crippen LogP contribution in [0.3, 0.4) is 0 Å². The maximum atomic E-state index is 13.9. The maximum absolute atomic E-state index is 13.9. The quantitative estimate of drug-likeness (QED) is 0.830. The van der Waals surface area contributed by atoms with Gasteiger partial charge in [-0.1, -0.05) is 0 Å². The molecule has 5 nitrogen and oxygen atoms in total. The molecule has 1 heterocycles. The van der Waals surface area contributed by atoms with Crippen LogP contribution in [0.25, 0.3) is 0 Å². The van der Waals surface area contributed by atoms with Gasteiger partial charge in [0, 0.05) is 18.3 Å². The Balaban J connectivity index is 2.24. The molecule has 1 fully saturated rings. The van der Waals surface area contributed by atoms with Crippen LogP contribution in [0.2, 0.25) is 0 Å². The van der Waals surface area contributed by atoms with E-state index in [2.05, 4.69) is 4.72 Å². The van der Waals surface area contributed by atoms with Crippen molar-refractivity contribution in [2.24, 2.45) is 0 Å². The Morgan fingerprint density at radius 2 is 2.15 bits per heavy atom. The van der Waals surface area contributed by atoms with Gasteiger partial charge in [-0.25, -0.2) is 17.5 Å². The lowest BCUT2D eigenvalue weighted by Crippen LogP contribution is -2.41. The second-order valence-electron chi connectivity index (χ2n) is 5.16. The molecule has 1 aromatic carbocycles. The first-order chi connectivity index (χ1) is 9.29. The van der Waals surface area contributed by atoms with Crippen molar-refractivity contribution in [3.05, 3.63) is 23.5 Å². The fourth-order valence-corrected chi connectivity index (χ4v) is 3.64. The van der Waals surface area contributed by atoms with E-state index < -0.39 is 20.7 Å². The third-order valence-electron chi connectivity index (χ3n) is 3.42. The molecular formula is C13H19FN2O3S. The minimum absolute atomic E-state index is 0.00983. The topological polar surface area (TPSA) is 81.4 Å². The highest BCUT2D eigenvalue weighted by Crippen LogP contribution is 2.23. The zero-order valence-electron chi connectivity index (χ0n) is 11.5. The Kier molecular flexibility index (Phi) is 4.31. The van der Waals surface area contributed by atoms with Crippen molar-refractivity contribution in [3.63, 3.8) is 0 Å². The first kappa shape index (κ1) is 15.2. The number of halogens is 1. The standard InChI is InChI=1S/C13H19FN2O3S/c1-8-5-11(14)13(7-12(8)15)20(17,18)16-10-3-4-19-9(2)6-10/h5,7,9-10,16H,3-4,6,15H2,1-2H3. The predicted molar refractivity (Wildman–Crippen MR) is 74.3 cm³/mol. The van der Waals surface area contributed by atoms with Crippen LogP contribution in [0.5, 0.6) is 0 Å². The summed E-state index contributed by atoms with van der Waals surface area (Å²) in [4.78, 5) is -0.403. The summed E-state index contributed by atoms with van der Waals surface area (Å²) in [6, 6.07) is 2.05. The summed E-state index contributed by atoms with van der Waals surface area (Å²) in [6.07, 6.45) is 1.14. The molecule has 0 aromatic heterocycles. The van der Waals surface area contributed by atoms with E-state index in [9.17, 15) is 12.8 Å². The average Bonchev–Trinajstić information content (AvgIpc) is 2.33. The van der Waals surface area contributed by atoms with Gasteiger partial charge in [0.2, 0.25) is 10.0 Å². The van der Waals surface area contributed by atoms with Gasteiger partial charge in [0.25, 0.3) is 0 Å². The SMILES string of the molecule is Cc1cc(F)c(S(=O)(=O)NC2CCOC(C)C2)cc1N. The van der Waals surface area contributed by atoms with Crippen molar-refractivity contribution >= 4 is 15.7 Å². The molecule has 0 radical (unpaired) electrons. The molecule has 0 spiro atoms. The van der Waals surface area contributed by atoms with Gasteiger partial charge in [-0.3, -0.25) is 0 Å². The molecule has 0 bridgehead atoms. The average molecular weight is 302 g/mol. The summed E-state index contributed by atoms with van der Waals surface area (Å²) in [6.45, 7) is 4.00. The van der Waals surface area contributed by atoms with Crippen molar-refractivity contribution < 1.29 is 17.5 Å². The molecule has 1 aliphatic heterocycles. The van der Waals surface area contributed by atoms with Gasteiger partial charge in [-0.15, -0.1) is 0 Å². The molecule has 7 heteroatoms. The molecule has 2 atom stereocenters. The van der Waals surface area contributed by atoms with E-state index in [4.69, 9.17) is 10.5 Å². The van der Waals surface area contributed by atoms with E-state index in [1.165, 1.54) is 0 Å². The zero-order chi connectivity index (χ0) is 14.9. The number of nitrogens with two attached hydrogens (primary N) is 1. The van der Waals surface area contributed by atoms with Crippen LogP contribution in [0.15, 0.2) is 17.0 Å². The van der Waals surface area contributed by atoms with Gasteiger partial charge in [0.1, 0.15) is 10.7 Å². The van der Waals surface area contributed by atoms with Gasteiger partial charge in [0.05, 0.1) is 6.10 Å². The number of hydrogen-bond acceptors (Lipinski definition) is 4. The number of benzene rings is 1. The number of aryl methyl sites for hydroxylation is 1. The molecule has 1 saturated heterocycles. The molecule has 2 rings (SSSR count). The highest BCUT2D eigenvalue weighted by atomic mass is 32.2. The highest BCUT2D eigenvalue weighted by molar-refractivity contribution is 7.89. The van der Waals surface area contributed by atoms with Crippen molar-refractivity contribution in [1.29, 1.82) is 0 Å². The summed E-state index contributed by atoms with van der Waals surface area (Å²) in [5.41, 5.74) is 6.43. The third-order valence-corrected chi connectivity index (χ3v) is 4.95. The predicted octanol–water partition coefficient (Wildman–Crippen LogP) is 1.56. The summed E-state index contributed by atoms with van der Waals surface area (Å²) < 4.78 is 46.2. The van der Waals surface area contributed by atoms with Crippen molar-refractivity contribution in [2.75, 3.05) is 12.3 Å². The lowest BCUT2D eigenvalue weighted by Gasteiger charge is -2.27. The first-order valence-electron chi connectivity index (χ1n) is 6.49. The normalized spacial score (nSPS) is 23.8. The molecule has 0 saturated carbocycles. The van der Waals surface area contributed by atoms with Crippen molar-refractivity contribution in [2.45, 2.75) is 43.7 Å². The van der Waals surface area contributed by atoms with E-state index in [0.29, 0.717) is 25.0 Å². The molecule has 2 unspecified atom stereocenters. The minimum atomic E-state index is -3.91. The number of nitrogen functional groups attached to an aromatic ring is 1. The lowest BCUT2D eigenvalue weighted by atomic mass is 10.1. The summed E-state index contributed by atoms with van der Waals surface area (Å²) in [5, 5.41) is 0. The van der Waals surface area contributed by atoms with E-state index >= 15 is 0 Å². The van der Waals surface area contributed by atoms with Crippen LogP contribution >= 0.6 is 0 Å². The largest absolute Gasteiger partial charge is 0.398 e. The summed E-state index contributed by atoms with van der Waals surface area (Å²) >= 11 is 0. The number of rotatable bonds is 3. The molecule has 112 valence electrons. The molecular weight excluding hydrogens is 283 g/mol. The lowest BCUT2D eigenvalue weighted by molar-refractivity contribution is 0.0173. The van der Waals surface area contributed by atoms with Crippen molar-refractivity contribution in [1.82, 2.24) is 4.72 Å². The molecule has 1 aromatic rings. The molecule has 0 aliphatic carbocycles. The van der Waals surface area contributed by atoms with Gasteiger partial charge >= 0.3 is 0 Å². The number of sulfonamides is 1. The molecule has 20 heavy (non-hydrogen) atoms. The second-order valence-corrected chi connectivity index (χ2v) is 6.85. The van der Waals surface area contributed by atoms with E-state index in [1.807, 2.05) is 6.92 Å². The van der Waals surface area contributed by atoms with E-state index in [1.54, 1.807) is 6.92 Å². The van der Waals surface area contributed by atoms with Gasteiger partial charge in [-0.2, -0.15) is 0 Å². The molecule has 0 amide bonds. The Morgan fingerprint density at radius 3 is 2.80 bits per heavy atom. The van der Waals surface area contributed by atoms with E-state index in [-0.39, 0.29) is 17.8 Å². The minimum Gasteiger partial charge on any atom is -0.398 e. The van der Waals surface area contributed by atoms with E-state index in [0.717, 1.165) is 12.1 Å². The maximum Gasteiger partial charge on any atom is 0.243 e. The summed E-state index contributed by atoms with van der Waals surface area (Å²) in [5.74, 6) is -0.788. The monoisotopic (exact) mass is 302 g/mol. The molecule has 3 N–H and O–H groups in total. The van der Waals surface area contributed by atoms with Gasteiger partial charge in [-0.05, 0) is 44.4 Å². The Morgan fingerprint density at radius 1 is 1.45 bits per heavy atom. The highest BCUT2D eigenvalue weighted by Gasteiger charge is 2.27. The third kappa shape index (κ3) is 3.28. The van der Waals surface area contributed by atoms with Crippen LogP contribution in [0, 0.1) is 12.7 Å². The Labute approximate surface area is 118 Å². The number of hydrogen-bond donors (Lipinski definition) is 2. The van der Waals surface area contributed by atoms with Crippen molar-refractivity contribution in [3.8, 4) is 0 Å². The Bertz CT molecular complexity index is 604. The fourth-order valence-electron chi connectivity index (χ4n) is 2.26. The summed E-state index contributed by atoms with van der Waals surface area (Å²) in [7, 11) is -3.91. The number of nitrogens with one attached hydrogen (secondary N) is 1. The molecule has 1 aliphatic rings. The fraction of sp³-hybridized carbons (Fsp3) is 0.538. The van der Waals surface area contributed by atoms with Gasteiger partial charge in [0.15, 0.2) is 0 Å². The van der Waals surface area contributed by atoms with Gasteiger partial charge < -0.3 is 10.5 Å². The smallest absolute Gasteiger partial charge is 0.243 e. The van der Waals surface area contributed by atoms with Crippen LogP contribution < -0.4 is 10.5 Å². The zero-order valence-corrected chi connectivity index (χ0v) is 12.3. The van der Waals surface area contributed by atoms with Crippen LogP contribution in [0.4, 0.5) is 10.1 Å². The second kappa shape index (κ2) is 5.67. The van der Waals surface area contributed by atoms with Crippen LogP contribution in [0.1, 0.15) is 25.3 Å².